The van der Waals surface area contributed by atoms with Gasteiger partial charge in [0.15, 0.2) is 5.65 Å². The molecule has 10 heteroatoms. The quantitative estimate of drug-likeness (QED) is 0.238. The Morgan fingerprint density at radius 2 is 2.24 bits per heavy atom. The number of hydrogen-bond acceptors (Lipinski definition) is 8. The Kier molecular flexibility index (Phi) is 8.34. The monoisotopic (exact) mass is 464 g/mol. The third-order valence-corrected chi connectivity index (χ3v) is 5.10. The number of carbonyl (C=O) groups is 1. The SMILES string of the molecule is C=C/C(=C\N=C)OC=O.CNc1cc(NC2(CO)CCCC2)nc2c(Br)cnn12. The lowest BCUT2D eigenvalue weighted by Crippen LogP contribution is -2.39. The summed E-state index contributed by atoms with van der Waals surface area (Å²) in [5.41, 5.74) is 0.522. The molecule has 1 aliphatic rings. The lowest BCUT2D eigenvalue weighted by Gasteiger charge is -2.28. The minimum absolute atomic E-state index is 0.134. The minimum Gasteiger partial charge on any atom is -0.427 e. The number of halogens is 1. The minimum atomic E-state index is -0.233. The molecule has 156 valence electrons. The molecule has 1 aliphatic carbocycles. The fraction of sp³-hybridized carbons (Fsp3) is 0.368. The van der Waals surface area contributed by atoms with E-state index in [1.165, 1.54) is 12.3 Å². The van der Waals surface area contributed by atoms with Crippen molar-refractivity contribution >= 4 is 46.4 Å². The summed E-state index contributed by atoms with van der Waals surface area (Å²) in [7, 11) is 1.85. The van der Waals surface area contributed by atoms with Gasteiger partial charge in [-0.15, -0.1) is 0 Å². The van der Waals surface area contributed by atoms with Crippen LogP contribution in [0.5, 0.6) is 0 Å². The standard InChI is InChI=1S/C13H18BrN5O.C6H7NO2/c1-15-11-6-10(17-12-9(14)7-16-19(11)12)18-13(8-20)4-2-3-5-13;1-3-6(4-7-2)9-5-8/h6-7,15,20H,2-5,8H2,1H3,(H,17,18);3-5H,1-2H2/b;6-4+. The van der Waals surface area contributed by atoms with Crippen molar-refractivity contribution in [3.8, 4) is 0 Å². The van der Waals surface area contributed by atoms with E-state index in [2.05, 4.69) is 59.7 Å². The van der Waals surface area contributed by atoms with E-state index >= 15 is 0 Å². The van der Waals surface area contributed by atoms with E-state index in [-0.39, 0.29) is 12.1 Å². The summed E-state index contributed by atoms with van der Waals surface area (Å²) in [4.78, 5) is 17.6. The van der Waals surface area contributed by atoms with E-state index in [9.17, 15) is 9.90 Å². The zero-order chi connectivity index (χ0) is 21.3. The summed E-state index contributed by atoms with van der Waals surface area (Å²) in [6.07, 6.45) is 8.63. The smallest absolute Gasteiger partial charge is 0.298 e. The molecule has 0 radical (unpaired) electrons. The molecule has 29 heavy (non-hydrogen) atoms. The number of aromatic nitrogens is 3. The number of aliphatic hydroxyl groups is 1. The average Bonchev–Trinajstić information content (AvgIpc) is 3.35. The molecule has 2 heterocycles. The molecule has 0 spiro atoms. The summed E-state index contributed by atoms with van der Waals surface area (Å²) in [5, 5.41) is 20.5. The molecule has 0 bridgehead atoms. The molecule has 0 unspecified atom stereocenters. The highest BCUT2D eigenvalue weighted by Crippen LogP contribution is 2.33. The van der Waals surface area contributed by atoms with Crippen molar-refractivity contribution in [1.29, 1.82) is 0 Å². The van der Waals surface area contributed by atoms with Crippen LogP contribution in [0.3, 0.4) is 0 Å². The molecule has 0 amide bonds. The molecule has 2 aromatic heterocycles. The highest BCUT2D eigenvalue weighted by atomic mass is 79.9. The molecule has 3 rings (SSSR count). The predicted molar refractivity (Wildman–Crippen MR) is 117 cm³/mol. The number of aliphatic imine (C=N–C) groups is 1. The normalized spacial score (nSPS) is 15.2. The summed E-state index contributed by atoms with van der Waals surface area (Å²) < 4.78 is 6.96. The number of hydrogen-bond donors (Lipinski definition) is 3. The van der Waals surface area contributed by atoms with Crippen LogP contribution in [0.2, 0.25) is 0 Å². The van der Waals surface area contributed by atoms with E-state index in [4.69, 9.17) is 0 Å². The highest BCUT2D eigenvalue weighted by Gasteiger charge is 2.33. The molecule has 0 aliphatic heterocycles. The van der Waals surface area contributed by atoms with E-state index in [1.54, 1.807) is 10.7 Å². The summed E-state index contributed by atoms with van der Waals surface area (Å²) in [5.74, 6) is 1.91. The Morgan fingerprint density at radius 1 is 1.52 bits per heavy atom. The van der Waals surface area contributed by atoms with Crippen molar-refractivity contribution in [3.63, 3.8) is 0 Å². The molecule has 0 saturated heterocycles. The van der Waals surface area contributed by atoms with Crippen LogP contribution in [0.4, 0.5) is 11.6 Å². The Hall–Kier alpha value is -2.72. The lowest BCUT2D eigenvalue weighted by molar-refractivity contribution is -0.124. The van der Waals surface area contributed by atoms with Gasteiger partial charge in [0, 0.05) is 13.1 Å². The number of allylic oxidation sites excluding steroid dienone is 1. The van der Waals surface area contributed by atoms with Gasteiger partial charge < -0.3 is 20.5 Å². The van der Waals surface area contributed by atoms with Crippen LogP contribution in [-0.2, 0) is 9.53 Å². The van der Waals surface area contributed by atoms with Crippen molar-refractivity contribution in [2.45, 2.75) is 31.2 Å². The first-order valence-electron chi connectivity index (χ1n) is 9.02. The molecule has 9 nitrogen and oxygen atoms in total. The van der Waals surface area contributed by atoms with Gasteiger partial charge in [0.2, 0.25) is 0 Å². The average molecular weight is 465 g/mol. The Labute approximate surface area is 177 Å². The number of fused-ring (bicyclic) bond motifs is 1. The lowest BCUT2D eigenvalue weighted by atomic mass is 9.99. The molecule has 1 saturated carbocycles. The van der Waals surface area contributed by atoms with Gasteiger partial charge in [-0.3, -0.25) is 9.79 Å². The molecular formula is C19H25BrN6O3. The van der Waals surface area contributed by atoms with Gasteiger partial charge in [0.1, 0.15) is 17.4 Å². The number of rotatable bonds is 8. The molecule has 2 aromatic rings. The number of anilines is 2. The molecule has 0 atom stereocenters. The van der Waals surface area contributed by atoms with Gasteiger partial charge in [0.25, 0.3) is 6.47 Å². The third kappa shape index (κ3) is 5.64. The fourth-order valence-electron chi connectivity index (χ4n) is 3.10. The van der Waals surface area contributed by atoms with Crippen molar-refractivity contribution in [2.24, 2.45) is 4.99 Å². The van der Waals surface area contributed by atoms with Gasteiger partial charge in [-0.05, 0) is 41.6 Å². The van der Waals surface area contributed by atoms with Crippen LogP contribution in [0, 0.1) is 0 Å². The highest BCUT2D eigenvalue weighted by molar-refractivity contribution is 9.10. The molecule has 1 fully saturated rings. The summed E-state index contributed by atoms with van der Waals surface area (Å²) >= 11 is 3.46. The fourth-order valence-corrected chi connectivity index (χ4v) is 3.45. The predicted octanol–water partition coefficient (Wildman–Crippen LogP) is 3.14. The van der Waals surface area contributed by atoms with Crippen molar-refractivity contribution in [3.05, 3.63) is 41.4 Å². The Bertz CT molecular complexity index is 889. The number of nitrogens with zero attached hydrogens (tertiary/aromatic N) is 4. The summed E-state index contributed by atoms with van der Waals surface area (Å²) in [6, 6.07) is 1.92. The van der Waals surface area contributed by atoms with E-state index in [0.717, 1.165) is 47.4 Å². The Balaban J connectivity index is 0.000000284. The summed E-state index contributed by atoms with van der Waals surface area (Å²) in [6.45, 7) is 6.96. The first-order chi connectivity index (χ1) is 14.0. The molecular weight excluding hydrogens is 440 g/mol. The van der Waals surface area contributed by atoms with Crippen LogP contribution in [-0.4, -0.2) is 52.1 Å². The molecule has 0 aromatic carbocycles. The number of aliphatic hydroxyl groups excluding tert-OH is 1. The second-order valence-corrected chi connectivity index (χ2v) is 7.26. The third-order valence-electron chi connectivity index (χ3n) is 4.55. The number of nitrogens with one attached hydrogen (secondary N) is 2. The van der Waals surface area contributed by atoms with Gasteiger partial charge in [-0.1, -0.05) is 19.4 Å². The first-order valence-corrected chi connectivity index (χ1v) is 9.81. The maximum Gasteiger partial charge on any atom is 0.298 e. The van der Waals surface area contributed by atoms with Crippen LogP contribution in [0.1, 0.15) is 25.7 Å². The second kappa shape index (κ2) is 10.7. The first kappa shape index (κ1) is 22.6. The van der Waals surface area contributed by atoms with Gasteiger partial charge in [0.05, 0.1) is 29.0 Å². The zero-order valence-electron chi connectivity index (χ0n) is 16.3. The zero-order valence-corrected chi connectivity index (χ0v) is 17.9. The van der Waals surface area contributed by atoms with Crippen LogP contribution >= 0.6 is 15.9 Å². The van der Waals surface area contributed by atoms with Crippen LogP contribution < -0.4 is 10.6 Å². The number of ether oxygens (including phenoxy) is 1. The largest absolute Gasteiger partial charge is 0.427 e. The van der Waals surface area contributed by atoms with Gasteiger partial charge in [-0.25, -0.2) is 4.98 Å². The molecule has 3 N–H and O–H groups in total. The maximum atomic E-state index is 9.70. The van der Waals surface area contributed by atoms with Crippen molar-refractivity contribution in [2.75, 3.05) is 24.3 Å². The number of carbonyl (C=O) groups excluding carboxylic acids is 1. The van der Waals surface area contributed by atoms with E-state index in [1.807, 2.05) is 13.1 Å². The van der Waals surface area contributed by atoms with Crippen molar-refractivity contribution < 1.29 is 14.6 Å². The van der Waals surface area contributed by atoms with E-state index in [0.29, 0.717) is 12.2 Å². The van der Waals surface area contributed by atoms with Crippen LogP contribution in [0.25, 0.3) is 5.65 Å². The topological polar surface area (TPSA) is 113 Å². The van der Waals surface area contributed by atoms with Gasteiger partial charge in [-0.2, -0.15) is 9.61 Å². The Morgan fingerprint density at radius 3 is 2.79 bits per heavy atom. The second-order valence-electron chi connectivity index (χ2n) is 6.41. The van der Waals surface area contributed by atoms with Crippen molar-refractivity contribution in [1.82, 2.24) is 14.6 Å². The van der Waals surface area contributed by atoms with Crippen LogP contribution in [0.15, 0.2) is 46.3 Å². The van der Waals surface area contributed by atoms with Gasteiger partial charge >= 0.3 is 0 Å². The maximum absolute atomic E-state index is 9.70. The van der Waals surface area contributed by atoms with E-state index < -0.39 is 0 Å².